The fraction of sp³-hybridized carbons (Fsp3) is 0.0556. The van der Waals surface area contributed by atoms with E-state index in [0.717, 1.165) is 6.07 Å². The van der Waals surface area contributed by atoms with E-state index >= 15 is 0 Å². The van der Waals surface area contributed by atoms with E-state index in [4.69, 9.17) is 10.5 Å². The molecule has 9 heteroatoms. The van der Waals surface area contributed by atoms with Crippen LogP contribution in [0, 0.1) is 5.82 Å². The predicted molar refractivity (Wildman–Crippen MR) is 100 cm³/mol. The zero-order valence-corrected chi connectivity index (χ0v) is 14.8. The van der Waals surface area contributed by atoms with Crippen LogP contribution in [0.3, 0.4) is 0 Å². The van der Waals surface area contributed by atoms with E-state index < -0.39 is 17.8 Å². The van der Waals surface area contributed by atoms with Gasteiger partial charge in [0.1, 0.15) is 18.2 Å². The van der Waals surface area contributed by atoms with Gasteiger partial charge in [0.05, 0.1) is 5.69 Å². The van der Waals surface area contributed by atoms with Crippen molar-refractivity contribution in [2.24, 2.45) is 5.73 Å². The molecular weight excluding hydrogens is 371 g/mol. The molecule has 0 atom stereocenters. The zero-order chi connectivity index (χ0) is 19.2. The molecule has 0 aliphatic rings. The van der Waals surface area contributed by atoms with Crippen LogP contribution < -0.4 is 21.1 Å². The standard InChI is InChI=1S/C18H15FN4O3S/c19-12-5-6-15(26-10-11-3-1-2-4-13(11)16(20)24)14(9-12)22-17(25)23-18-21-7-8-27-18/h1-9H,10H2,(H2,20,24)(H2,21,22,23,25). The van der Waals surface area contributed by atoms with Crippen LogP contribution in [0.4, 0.5) is 20.0 Å². The van der Waals surface area contributed by atoms with Gasteiger partial charge in [-0.2, -0.15) is 0 Å². The van der Waals surface area contributed by atoms with Crippen molar-refractivity contribution in [3.8, 4) is 5.75 Å². The van der Waals surface area contributed by atoms with Gasteiger partial charge in [0.15, 0.2) is 5.13 Å². The summed E-state index contributed by atoms with van der Waals surface area (Å²) in [7, 11) is 0. The van der Waals surface area contributed by atoms with Gasteiger partial charge in [-0.15, -0.1) is 11.3 Å². The van der Waals surface area contributed by atoms with Crippen molar-refractivity contribution in [1.29, 1.82) is 0 Å². The molecule has 2 aromatic carbocycles. The highest BCUT2D eigenvalue weighted by Gasteiger charge is 2.13. The molecule has 0 fully saturated rings. The van der Waals surface area contributed by atoms with Crippen LogP contribution in [0.5, 0.6) is 5.75 Å². The van der Waals surface area contributed by atoms with E-state index in [2.05, 4.69) is 15.6 Å². The van der Waals surface area contributed by atoms with E-state index in [1.54, 1.807) is 35.8 Å². The molecule has 3 rings (SSSR count). The number of nitrogens with two attached hydrogens (primary N) is 1. The minimum absolute atomic E-state index is 0.0214. The van der Waals surface area contributed by atoms with E-state index in [1.165, 1.54) is 23.5 Å². The first-order chi connectivity index (χ1) is 13.0. The predicted octanol–water partition coefficient (Wildman–Crippen LogP) is 3.60. The number of halogens is 1. The van der Waals surface area contributed by atoms with Crippen LogP contribution in [-0.4, -0.2) is 16.9 Å². The van der Waals surface area contributed by atoms with Gasteiger partial charge < -0.3 is 15.8 Å². The molecule has 3 amide bonds. The monoisotopic (exact) mass is 386 g/mol. The van der Waals surface area contributed by atoms with Crippen molar-refractivity contribution in [3.05, 3.63) is 71.0 Å². The molecule has 0 bridgehead atoms. The Balaban J connectivity index is 1.74. The number of anilines is 2. The van der Waals surface area contributed by atoms with Crippen LogP contribution in [0.1, 0.15) is 15.9 Å². The van der Waals surface area contributed by atoms with E-state index in [1.807, 2.05) is 0 Å². The average molecular weight is 386 g/mol. The normalized spacial score (nSPS) is 10.3. The Morgan fingerprint density at radius 3 is 2.74 bits per heavy atom. The van der Waals surface area contributed by atoms with Gasteiger partial charge in [-0.25, -0.2) is 14.2 Å². The minimum Gasteiger partial charge on any atom is -0.487 e. The summed E-state index contributed by atoms with van der Waals surface area (Å²) in [5, 5.41) is 7.17. The smallest absolute Gasteiger partial charge is 0.325 e. The van der Waals surface area contributed by atoms with Crippen molar-refractivity contribution in [2.75, 3.05) is 10.6 Å². The van der Waals surface area contributed by atoms with Crippen LogP contribution in [0.25, 0.3) is 0 Å². The fourth-order valence-corrected chi connectivity index (χ4v) is 2.83. The molecule has 1 aromatic heterocycles. The van der Waals surface area contributed by atoms with Gasteiger partial charge in [-0.3, -0.25) is 10.1 Å². The van der Waals surface area contributed by atoms with Gasteiger partial charge in [0.2, 0.25) is 5.91 Å². The maximum absolute atomic E-state index is 13.6. The fourth-order valence-electron chi connectivity index (χ4n) is 2.30. The second-order valence-corrected chi connectivity index (χ2v) is 6.26. The van der Waals surface area contributed by atoms with Crippen LogP contribution in [0.15, 0.2) is 54.0 Å². The Bertz CT molecular complexity index is 963. The highest BCUT2D eigenvalue weighted by atomic mass is 32.1. The number of nitrogens with zero attached hydrogens (tertiary/aromatic N) is 1. The van der Waals surface area contributed by atoms with Gasteiger partial charge in [-0.1, -0.05) is 18.2 Å². The second-order valence-electron chi connectivity index (χ2n) is 5.37. The maximum atomic E-state index is 13.6. The number of carbonyl (C=O) groups is 2. The molecule has 0 saturated heterocycles. The number of hydrogen-bond donors (Lipinski definition) is 3. The van der Waals surface area contributed by atoms with E-state index in [9.17, 15) is 14.0 Å². The summed E-state index contributed by atoms with van der Waals surface area (Å²) < 4.78 is 19.3. The molecule has 1 heterocycles. The van der Waals surface area contributed by atoms with E-state index in [-0.39, 0.29) is 18.0 Å². The number of ether oxygens (including phenoxy) is 1. The topological polar surface area (TPSA) is 106 Å². The molecule has 27 heavy (non-hydrogen) atoms. The lowest BCUT2D eigenvalue weighted by molar-refractivity contribution is 0.0998. The number of hydrogen-bond acceptors (Lipinski definition) is 5. The summed E-state index contributed by atoms with van der Waals surface area (Å²) in [5.41, 5.74) is 6.39. The summed E-state index contributed by atoms with van der Waals surface area (Å²) in [4.78, 5) is 27.5. The third kappa shape index (κ3) is 4.79. The highest BCUT2D eigenvalue weighted by Crippen LogP contribution is 2.27. The third-order valence-electron chi connectivity index (χ3n) is 3.51. The lowest BCUT2D eigenvalue weighted by Crippen LogP contribution is -2.20. The largest absolute Gasteiger partial charge is 0.487 e. The van der Waals surface area contributed by atoms with Gasteiger partial charge in [0, 0.05) is 28.8 Å². The Morgan fingerprint density at radius 2 is 2.00 bits per heavy atom. The Morgan fingerprint density at radius 1 is 1.19 bits per heavy atom. The van der Waals surface area contributed by atoms with Crippen molar-refractivity contribution in [3.63, 3.8) is 0 Å². The first-order valence-corrected chi connectivity index (χ1v) is 8.68. The first kappa shape index (κ1) is 18.3. The summed E-state index contributed by atoms with van der Waals surface area (Å²) in [6, 6.07) is 9.88. The number of aromatic nitrogens is 1. The molecule has 0 saturated carbocycles. The average Bonchev–Trinajstić information content (AvgIpc) is 3.14. The molecule has 0 radical (unpaired) electrons. The third-order valence-corrected chi connectivity index (χ3v) is 4.20. The Kier molecular flexibility index (Phi) is 5.62. The van der Waals surface area contributed by atoms with Gasteiger partial charge >= 0.3 is 6.03 Å². The second kappa shape index (κ2) is 8.28. The number of benzene rings is 2. The number of urea groups is 1. The van der Waals surface area contributed by atoms with Gasteiger partial charge in [0.25, 0.3) is 0 Å². The van der Waals surface area contributed by atoms with Crippen LogP contribution in [-0.2, 0) is 6.61 Å². The molecule has 0 aliphatic heterocycles. The maximum Gasteiger partial charge on any atom is 0.325 e. The summed E-state index contributed by atoms with van der Waals surface area (Å²) >= 11 is 1.25. The number of nitrogens with one attached hydrogen (secondary N) is 2. The van der Waals surface area contributed by atoms with Crippen molar-refractivity contribution in [1.82, 2.24) is 4.98 Å². The lowest BCUT2D eigenvalue weighted by atomic mass is 10.1. The SMILES string of the molecule is NC(=O)c1ccccc1COc1ccc(F)cc1NC(=O)Nc1nccs1. The molecule has 0 spiro atoms. The summed E-state index contributed by atoms with van der Waals surface area (Å²) in [5.74, 6) is -0.871. The quantitative estimate of drug-likeness (QED) is 0.602. The Labute approximate surface area is 158 Å². The van der Waals surface area contributed by atoms with Gasteiger partial charge in [-0.05, 0) is 18.2 Å². The van der Waals surface area contributed by atoms with E-state index in [0.29, 0.717) is 16.3 Å². The number of thiazole rings is 1. The molecule has 3 aromatic rings. The molecular formula is C18H15FN4O3S. The van der Waals surface area contributed by atoms with Crippen LogP contribution in [0.2, 0.25) is 0 Å². The molecule has 0 unspecified atom stereocenters. The lowest BCUT2D eigenvalue weighted by Gasteiger charge is -2.14. The van der Waals surface area contributed by atoms with Crippen LogP contribution >= 0.6 is 11.3 Å². The number of rotatable bonds is 6. The zero-order valence-electron chi connectivity index (χ0n) is 13.9. The van der Waals surface area contributed by atoms with Crippen molar-refractivity contribution >= 4 is 34.1 Å². The molecule has 7 nitrogen and oxygen atoms in total. The minimum atomic E-state index is -0.585. The molecule has 0 aliphatic carbocycles. The summed E-state index contributed by atoms with van der Waals surface area (Å²) in [6.07, 6.45) is 1.55. The summed E-state index contributed by atoms with van der Waals surface area (Å²) in [6.45, 7) is 0.0214. The van der Waals surface area contributed by atoms with Crippen molar-refractivity contribution in [2.45, 2.75) is 6.61 Å². The number of carbonyl (C=O) groups excluding carboxylic acids is 2. The number of primary amides is 1. The number of amides is 3. The van der Waals surface area contributed by atoms with Crippen molar-refractivity contribution < 1.29 is 18.7 Å². The highest BCUT2D eigenvalue weighted by molar-refractivity contribution is 7.13. The first-order valence-electron chi connectivity index (χ1n) is 7.80. The molecule has 4 N–H and O–H groups in total. The molecule has 138 valence electrons. The Hall–Kier alpha value is -3.46.